The molecule has 0 saturated heterocycles. The third kappa shape index (κ3) is 7.21. The van der Waals surface area contributed by atoms with E-state index in [1.54, 1.807) is 0 Å². The van der Waals surface area contributed by atoms with Crippen LogP contribution < -0.4 is 10.8 Å². The Morgan fingerprint density at radius 2 is 1.79 bits per heavy atom. The van der Waals surface area contributed by atoms with Gasteiger partial charge in [-0.1, -0.05) is 30.9 Å². The summed E-state index contributed by atoms with van der Waals surface area (Å²) in [6.07, 6.45) is -26.8. The van der Waals surface area contributed by atoms with Gasteiger partial charge in [-0.15, -0.1) is 0 Å². The van der Waals surface area contributed by atoms with Crippen molar-refractivity contribution in [3.8, 4) is 0 Å². The van der Waals surface area contributed by atoms with E-state index < -0.39 is 96.7 Å². The SMILES string of the molecule is [2H]ON([2H])C(=O)C([2H])([2H])C([2H])([2H])C([2H])([2H])C([2H])([2H])C([2H])([2H])C([2H])([2H])C(=O)N([2H])c1c([2H])c([2H])c([2H])c([2H])c1[2H]. The van der Waals surface area contributed by atoms with Gasteiger partial charge in [-0.05, 0) is 24.8 Å². The standard InChI is InChI=1S/C14H20N2O3/c17-13(15-12-8-4-3-5-9-12)10-6-1-2-7-11-14(18)16-19/h3-5,8-9,19H,1-2,6-7,10-11H2,(H,15,17)(H,16,18)/i1D2,2D2,3D,4D,5D,6D2,7D2,8D,9D,10D2,11D2/hD3. The summed E-state index contributed by atoms with van der Waals surface area (Å²) < 4.78 is 154. The Morgan fingerprint density at radius 1 is 1.16 bits per heavy atom. The molecule has 0 radical (unpaired) electrons. The van der Waals surface area contributed by atoms with Gasteiger partial charge in [-0.25, -0.2) is 5.47 Å². The lowest BCUT2D eigenvalue weighted by molar-refractivity contribution is -0.129. The van der Waals surface area contributed by atoms with E-state index in [-0.39, 0.29) is 0 Å². The van der Waals surface area contributed by atoms with E-state index in [2.05, 4.69) is 5.21 Å². The molecule has 0 aliphatic rings. The number of benzene rings is 1. The fraction of sp³-hybridized carbons (Fsp3) is 0.429. The number of nitrogens with one attached hydrogen (secondary N) is 2. The number of para-hydroxylation sites is 1. The highest BCUT2D eigenvalue weighted by molar-refractivity contribution is 5.90. The molecule has 1 aromatic rings. The molecule has 0 saturated carbocycles. The quantitative estimate of drug-likeness (QED) is 0.481. The Labute approximate surface area is 141 Å². The Morgan fingerprint density at radius 3 is 2.42 bits per heavy atom. The molecular formula is C14H20N2O3. The lowest BCUT2D eigenvalue weighted by Crippen LogP contribution is -2.17. The van der Waals surface area contributed by atoms with Gasteiger partial charge in [0.2, 0.25) is 13.2 Å². The minimum Gasteiger partial charge on any atom is -0.326 e. The van der Waals surface area contributed by atoms with Gasteiger partial charge < -0.3 is 5.31 Å². The second kappa shape index (κ2) is 9.10. The van der Waals surface area contributed by atoms with Crippen LogP contribution in [0.4, 0.5) is 5.69 Å². The molecule has 0 atom stereocenters. The molecule has 0 fully saturated rings. The maximum Gasteiger partial charge on any atom is 0.246 e. The van der Waals surface area contributed by atoms with Gasteiger partial charge in [0.05, 0.1) is 6.85 Å². The minimum absolute atomic E-state index is 0.676. The van der Waals surface area contributed by atoms with Crippen LogP contribution in [0.3, 0.4) is 0 Å². The highest BCUT2D eigenvalue weighted by Gasteiger charge is 2.02. The molecule has 1 rings (SSSR count). The van der Waals surface area contributed by atoms with Crippen LogP contribution in [0.2, 0.25) is 4.25 Å². The summed E-state index contributed by atoms with van der Waals surface area (Å²) in [5.74, 6) is -4.80. The van der Waals surface area contributed by atoms with E-state index >= 15 is 0 Å². The third-order valence-corrected chi connectivity index (χ3v) is 1.31. The van der Waals surface area contributed by atoms with Crippen molar-refractivity contribution in [1.82, 2.24) is 5.47 Å². The number of carbonyl (C=O) groups is 2. The predicted octanol–water partition coefficient (Wildman–Crippen LogP) is 2.47. The molecule has 0 heterocycles. The topological polar surface area (TPSA) is 78.4 Å². The molecule has 0 aliphatic carbocycles. The molecule has 0 aliphatic heterocycles. The maximum absolute atomic E-state index is 12.9. The summed E-state index contributed by atoms with van der Waals surface area (Å²) in [6.45, 7) is 0. The van der Waals surface area contributed by atoms with Gasteiger partial charge in [0.25, 0.3) is 0 Å². The summed E-state index contributed by atoms with van der Waals surface area (Å²) in [6, 6.07) is -5.54. The zero-order valence-corrected chi connectivity index (χ0v) is 9.12. The zero-order chi connectivity index (χ0) is 31.5. The van der Waals surface area contributed by atoms with Crippen LogP contribution in [0.5, 0.6) is 0 Å². The van der Waals surface area contributed by atoms with E-state index in [1.807, 2.05) is 0 Å². The van der Waals surface area contributed by atoms with Crippen molar-refractivity contribution in [1.29, 1.82) is 0 Å². The van der Waals surface area contributed by atoms with Gasteiger partial charge >= 0.3 is 0 Å². The number of anilines is 1. The van der Waals surface area contributed by atoms with Gasteiger partial charge in [-0.3, -0.25) is 14.8 Å². The number of hydrogen-bond acceptors (Lipinski definition) is 3. The van der Waals surface area contributed by atoms with Crippen LogP contribution in [-0.2, 0) is 9.59 Å². The van der Waals surface area contributed by atoms with Gasteiger partial charge in [0.15, 0.2) is 2.82 Å². The fourth-order valence-electron chi connectivity index (χ4n) is 0.684. The number of hydroxylamine groups is 1. The van der Waals surface area contributed by atoms with Crippen LogP contribution >= 0.6 is 0 Å². The molecule has 5 heteroatoms. The summed E-state index contributed by atoms with van der Waals surface area (Å²) in [5, 5.41) is 2.68. The second-order valence-electron chi connectivity index (χ2n) is 2.54. The largest absolute Gasteiger partial charge is 0.326 e. The summed E-state index contributed by atoms with van der Waals surface area (Å²) in [4.78, 5) is 24.9. The van der Waals surface area contributed by atoms with Crippen molar-refractivity contribution in [2.75, 3.05) is 5.31 Å². The maximum atomic E-state index is 12.9. The third-order valence-electron chi connectivity index (χ3n) is 1.31. The highest BCUT2D eigenvalue weighted by Crippen LogP contribution is 2.09. The monoisotopic (exact) mass is 284 g/mol. The average Bonchev–Trinajstić information content (AvgIpc) is 2.83. The molecule has 1 aromatic carbocycles. The first kappa shape index (κ1) is 3.23. The van der Waals surface area contributed by atoms with Crippen molar-refractivity contribution in [2.45, 2.75) is 38.2 Å². The van der Waals surface area contributed by atoms with Gasteiger partial charge in [0, 0.05) is 34.9 Å². The van der Waals surface area contributed by atoms with Crippen molar-refractivity contribution in [3.05, 3.63) is 30.2 Å². The molecule has 3 N–H and O–H groups in total. The Hall–Kier alpha value is -1.88. The summed E-state index contributed by atoms with van der Waals surface area (Å²) >= 11 is 0. The number of carbonyl (C=O) groups excluding carboxylic acids is 2. The normalized spacial score (nSPS) is 29.7. The van der Waals surface area contributed by atoms with E-state index in [4.69, 9.17) is 27.6 Å². The Bertz CT molecular complexity index is 1120. The van der Waals surface area contributed by atoms with Gasteiger partial charge in [-0.2, -0.15) is 0 Å². The number of amides is 2. The van der Waals surface area contributed by atoms with Crippen molar-refractivity contribution >= 4 is 17.5 Å². The highest BCUT2D eigenvalue weighted by atomic mass is 16.5. The molecule has 19 heavy (non-hydrogen) atoms. The molecule has 0 spiro atoms. The number of rotatable bonds is 9. The van der Waals surface area contributed by atoms with E-state index in [9.17, 15) is 9.59 Å². The first-order chi connectivity index (χ1) is 17.1. The first-order valence-corrected chi connectivity index (χ1v) is 4.51. The van der Waals surface area contributed by atoms with Crippen LogP contribution in [0, 0.1) is 0 Å². The molecule has 0 aromatic heterocycles. The molecular weight excluding hydrogens is 244 g/mol. The summed E-state index contributed by atoms with van der Waals surface area (Å²) in [5.41, 5.74) is -2.21. The summed E-state index contributed by atoms with van der Waals surface area (Å²) in [7, 11) is 0. The molecule has 0 unspecified atom stereocenters. The van der Waals surface area contributed by atoms with Crippen LogP contribution in [0.25, 0.3) is 0 Å². The zero-order valence-electron chi connectivity index (χ0n) is 29.1. The lowest BCUT2D eigenvalue weighted by Gasteiger charge is -2.04. The Kier molecular flexibility index (Phi) is 1.55. The Balaban J connectivity index is 3.74. The lowest BCUT2D eigenvalue weighted by atomic mass is 10.1. The van der Waals surface area contributed by atoms with E-state index in [0.29, 0.717) is 0 Å². The molecule has 5 nitrogen and oxygen atoms in total. The molecule has 104 valence electrons. The van der Waals surface area contributed by atoms with Crippen molar-refractivity contribution < 1.29 is 42.4 Å². The predicted molar refractivity (Wildman–Crippen MR) is 72.7 cm³/mol. The van der Waals surface area contributed by atoms with Crippen molar-refractivity contribution in [3.63, 3.8) is 0 Å². The van der Waals surface area contributed by atoms with Gasteiger partial charge in [0.1, 0.15) is 0 Å². The van der Waals surface area contributed by atoms with Crippen molar-refractivity contribution in [2.24, 2.45) is 0 Å². The van der Waals surface area contributed by atoms with Crippen LogP contribution in [0.15, 0.2) is 30.2 Å². The van der Waals surface area contributed by atoms with E-state index in [0.717, 1.165) is 0 Å². The first-order valence-electron chi connectivity index (χ1n) is 14.3. The smallest absolute Gasteiger partial charge is 0.246 e. The van der Waals surface area contributed by atoms with Crippen LogP contribution in [-0.4, -0.2) is 17.0 Å². The minimum atomic E-state index is -4.59. The molecule has 0 bridgehead atoms. The van der Waals surface area contributed by atoms with E-state index in [1.165, 1.54) is 0 Å². The fourth-order valence-corrected chi connectivity index (χ4v) is 0.684. The van der Waals surface area contributed by atoms with Crippen LogP contribution in [0.1, 0.15) is 61.5 Å². The second-order valence-corrected chi connectivity index (χ2v) is 2.54. The molecule has 2 amide bonds. The average molecular weight is 284 g/mol. The number of hydrogen-bond donors (Lipinski definition) is 3.